The van der Waals surface area contributed by atoms with Crippen LogP contribution in [-0.4, -0.2) is 51.3 Å². The molecule has 182 valence electrons. The lowest BCUT2D eigenvalue weighted by Gasteiger charge is -2.56. The lowest BCUT2D eigenvalue weighted by molar-refractivity contribution is -0.159. The molecule has 1 spiro atoms. The van der Waals surface area contributed by atoms with Crippen molar-refractivity contribution in [2.45, 2.75) is 52.0 Å². The highest BCUT2D eigenvalue weighted by Gasteiger charge is 2.55. The van der Waals surface area contributed by atoms with Crippen LogP contribution >= 0.6 is 11.3 Å². The van der Waals surface area contributed by atoms with E-state index in [4.69, 9.17) is 9.47 Å². The van der Waals surface area contributed by atoms with Crippen LogP contribution in [0, 0.1) is 25.2 Å². The third-order valence-corrected chi connectivity index (χ3v) is 8.96. The van der Waals surface area contributed by atoms with Gasteiger partial charge in [-0.15, -0.1) is 11.3 Å². The molecule has 5 rings (SSSR count). The molecule has 3 aliphatic rings. The van der Waals surface area contributed by atoms with Crippen LogP contribution in [-0.2, 0) is 20.7 Å². The van der Waals surface area contributed by atoms with Gasteiger partial charge >= 0.3 is 5.97 Å². The molecule has 3 fully saturated rings. The summed E-state index contributed by atoms with van der Waals surface area (Å²) in [6.45, 7) is 7.58. The second-order valence-corrected chi connectivity index (χ2v) is 11.6. The van der Waals surface area contributed by atoms with E-state index in [1.807, 2.05) is 6.92 Å². The average molecular weight is 483 g/mol. The van der Waals surface area contributed by atoms with Gasteiger partial charge in [-0.05, 0) is 74.6 Å². The predicted octanol–water partition coefficient (Wildman–Crippen LogP) is 4.25. The Bertz CT molecular complexity index is 1060. The van der Waals surface area contributed by atoms with E-state index in [1.54, 1.807) is 11.3 Å². The minimum atomic E-state index is -0.0925. The van der Waals surface area contributed by atoms with Gasteiger partial charge in [0.1, 0.15) is 0 Å². The molecule has 0 atom stereocenters. The number of nitrogens with one attached hydrogen (secondary N) is 1. The van der Waals surface area contributed by atoms with E-state index in [2.05, 4.69) is 41.4 Å². The molecule has 34 heavy (non-hydrogen) atoms. The van der Waals surface area contributed by atoms with Crippen LogP contribution in [0.4, 0.5) is 5.69 Å². The third-order valence-electron chi connectivity index (χ3n) is 7.89. The maximum absolute atomic E-state index is 13.3. The Morgan fingerprint density at radius 3 is 2.41 bits per heavy atom. The number of morpholine rings is 1. The molecule has 6 nitrogen and oxygen atoms in total. The van der Waals surface area contributed by atoms with E-state index in [0.29, 0.717) is 0 Å². The van der Waals surface area contributed by atoms with Crippen LogP contribution in [0.25, 0.3) is 0 Å². The quantitative estimate of drug-likeness (QED) is 0.624. The van der Waals surface area contributed by atoms with Crippen molar-refractivity contribution < 1.29 is 19.1 Å². The molecular formula is C27H34N2O4S. The summed E-state index contributed by atoms with van der Waals surface area (Å²) >= 11 is 1.71. The summed E-state index contributed by atoms with van der Waals surface area (Å²) in [5.74, 6) is 0.000221. The van der Waals surface area contributed by atoms with E-state index < -0.39 is 0 Å². The first kappa shape index (κ1) is 23.4. The van der Waals surface area contributed by atoms with Crippen LogP contribution in [0.3, 0.4) is 0 Å². The lowest BCUT2D eigenvalue weighted by atomic mass is 9.50. The second kappa shape index (κ2) is 9.34. The Hall–Kier alpha value is -2.38. The first-order chi connectivity index (χ1) is 16.4. The number of ether oxygens (including phenoxy) is 2. The number of nitrogens with zero attached hydrogens (tertiary/aromatic N) is 1. The fourth-order valence-corrected chi connectivity index (χ4v) is 7.16. The zero-order valence-corrected chi connectivity index (χ0v) is 21.1. The van der Waals surface area contributed by atoms with Gasteiger partial charge in [0.25, 0.3) is 5.91 Å². The van der Waals surface area contributed by atoms with Crippen molar-refractivity contribution >= 4 is 28.9 Å². The van der Waals surface area contributed by atoms with Gasteiger partial charge in [0.15, 0.2) is 0 Å². The van der Waals surface area contributed by atoms with Crippen molar-refractivity contribution in [2.75, 3.05) is 38.3 Å². The Morgan fingerprint density at radius 1 is 1.09 bits per heavy atom. The van der Waals surface area contributed by atoms with Gasteiger partial charge in [0, 0.05) is 34.6 Å². The number of amides is 1. The molecule has 1 N–H and O–H groups in total. The predicted molar refractivity (Wildman–Crippen MR) is 134 cm³/mol. The lowest BCUT2D eigenvalue weighted by Crippen LogP contribution is -2.57. The summed E-state index contributed by atoms with van der Waals surface area (Å²) in [6, 6.07) is 8.93. The number of methoxy groups -OCH3 is 1. The Morgan fingerprint density at radius 2 is 1.76 bits per heavy atom. The van der Waals surface area contributed by atoms with Crippen molar-refractivity contribution in [3.8, 4) is 0 Å². The van der Waals surface area contributed by atoms with Crippen LogP contribution < -0.4 is 10.2 Å². The van der Waals surface area contributed by atoms with Crippen LogP contribution in [0.5, 0.6) is 0 Å². The number of carbonyl (C=O) groups excluding carboxylic acids is 2. The van der Waals surface area contributed by atoms with Gasteiger partial charge in [-0.1, -0.05) is 12.1 Å². The number of hydrogen-bond acceptors (Lipinski definition) is 6. The van der Waals surface area contributed by atoms with E-state index >= 15 is 0 Å². The Kier molecular flexibility index (Phi) is 6.42. The first-order valence-electron chi connectivity index (χ1n) is 12.3. The Balaban J connectivity index is 1.21. The summed E-state index contributed by atoms with van der Waals surface area (Å²) < 4.78 is 10.3. The molecule has 1 amide bonds. The molecule has 0 radical (unpaired) electrons. The maximum atomic E-state index is 13.3. The third kappa shape index (κ3) is 4.48. The van der Waals surface area contributed by atoms with Crippen LogP contribution in [0.15, 0.2) is 24.3 Å². The molecule has 1 saturated heterocycles. The van der Waals surface area contributed by atoms with Crippen LogP contribution in [0.1, 0.15) is 56.9 Å². The molecule has 1 aromatic heterocycles. The molecule has 1 aromatic carbocycles. The summed E-state index contributed by atoms with van der Waals surface area (Å²) in [5, 5.41) is 3.28. The average Bonchev–Trinajstić information content (AvgIpc) is 3.07. The molecule has 0 unspecified atom stereocenters. The van der Waals surface area contributed by atoms with Gasteiger partial charge < -0.3 is 19.7 Å². The smallest absolute Gasteiger partial charge is 0.308 e. The summed E-state index contributed by atoms with van der Waals surface area (Å²) in [7, 11) is 1.46. The number of anilines is 1. The van der Waals surface area contributed by atoms with Gasteiger partial charge in [-0.25, -0.2) is 0 Å². The fourth-order valence-electron chi connectivity index (χ4n) is 6.09. The molecule has 7 heteroatoms. The van der Waals surface area contributed by atoms with E-state index in [9.17, 15) is 9.59 Å². The van der Waals surface area contributed by atoms with Gasteiger partial charge in [0.2, 0.25) is 0 Å². The van der Waals surface area contributed by atoms with Crippen molar-refractivity contribution in [1.82, 2.24) is 5.32 Å². The van der Waals surface area contributed by atoms with Crippen molar-refractivity contribution in [1.29, 1.82) is 0 Å². The maximum Gasteiger partial charge on any atom is 0.308 e. The fraction of sp³-hybridized carbons (Fsp3) is 0.556. The number of thiophene rings is 1. The van der Waals surface area contributed by atoms with Gasteiger partial charge in [-0.2, -0.15) is 0 Å². The van der Waals surface area contributed by atoms with Gasteiger partial charge in [-0.3, -0.25) is 9.59 Å². The van der Waals surface area contributed by atoms with Gasteiger partial charge in [0.05, 0.1) is 31.8 Å². The summed E-state index contributed by atoms with van der Waals surface area (Å²) in [6.07, 6.45) is 4.49. The molecular weight excluding hydrogens is 448 g/mol. The SMILES string of the molecule is COC(=O)C1CC2(CC(NC(=O)c3c(C)sc(C)c3Cc3ccc(N4CCOCC4)cc3)C2)C1. The Labute approximate surface area is 205 Å². The highest BCUT2D eigenvalue weighted by atomic mass is 32.1. The second-order valence-electron chi connectivity index (χ2n) is 10.2. The van der Waals surface area contributed by atoms with Crippen LogP contribution in [0.2, 0.25) is 0 Å². The normalized spacial score (nSPS) is 26.0. The number of carbonyl (C=O) groups is 2. The molecule has 2 aromatic rings. The number of aryl methyl sites for hydroxylation is 2. The molecule has 0 bridgehead atoms. The monoisotopic (exact) mass is 482 g/mol. The number of hydrogen-bond donors (Lipinski definition) is 1. The van der Waals surface area contributed by atoms with Crippen molar-refractivity contribution in [3.05, 3.63) is 50.7 Å². The largest absolute Gasteiger partial charge is 0.469 e. The molecule has 2 heterocycles. The first-order valence-corrected chi connectivity index (χ1v) is 13.1. The highest BCUT2D eigenvalue weighted by molar-refractivity contribution is 7.12. The summed E-state index contributed by atoms with van der Waals surface area (Å²) in [5.41, 5.74) is 4.68. The van der Waals surface area contributed by atoms with E-state index in [1.165, 1.54) is 23.2 Å². The minimum Gasteiger partial charge on any atom is -0.469 e. The zero-order chi connectivity index (χ0) is 23.9. The zero-order valence-electron chi connectivity index (χ0n) is 20.3. The molecule has 1 aliphatic heterocycles. The van der Waals surface area contributed by atoms with Crippen molar-refractivity contribution in [3.63, 3.8) is 0 Å². The highest BCUT2D eigenvalue weighted by Crippen LogP contribution is 2.59. The molecule has 2 saturated carbocycles. The minimum absolute atomic E-state index is 0.0460. The number of esters is 1. The van der Waals surface area contributed by atoms with Crippen molar-refractivity contribution in [2.24, 2.45) is 11.3 Å². The molecule has 2 aliphatic carbocycles. The summed E-state index contributed by atoms with van der Waals surface area (Å²) in [4.78, 5) is 29.6. The number of rotatable bonds is 6. The van der Waals surface area contributed by atoms with E-state index in [-0.39, 0.29) is 29.3 Å². The topological polar surface area (TPSA) is 67.9 Å². The number of benzene rings is 1. The standard InChI is InChI=1S/C27H34N2O4S/c1-17-23(12-19-4-6-22(7-5-19)29-8-10-33-11-9-29)24(18(2)34-17)25(30)28-21-15-27(16-21)13-20(14-27)26(31)32-3/h4-7,20-21H,8-16H2,1-3H3,(H,28,30). The van der Waals surface area contributed by atoms with E-state index in [0.717, 1.165) is 74.4 Å².